The predicted octanol–water partition coefficient (Wildman–Crippen LogP) is 1.29. The van der Waals surface area contributed by atoms with Crippen LogP contribution in [0.4, 0.5) is 0 Å². The van der Waals surface area contributed by atoms with E-state index in [0.29, 0.717) is 18.0 Å². The maximum Gasteiger partial charge on any atom is 0.125 e. The maximum absolute atomic E-state index is 4.61. The van der Waals surface area contributed by atoms with Gasteiger partial charge in [-0.25, -0.2) is 9.97 Å². The molecule has 0 bridgehead atoms. The van der Waals surface area contributed by atoms with Gasteiger partial charge in [0.1, 0.15) is 5.82 Å². The highest BCUT2D eigenvalue weighted by atomic mass is 15.2. The molecule has 1 saturated carbocycles. The van der Waals surface area contributed by atoms with Gasteiger partial charge in [-0.15, -0.1) is 0 Å². The molecule has 1 N–H and O–H groups in total. The Kier molecular flexibility index (Phi) is 3.73. The lowest BCUT2D eigenvalue weighted by Crippen LogP contribution is -2.40. The Balaban J connectivity index is 1.58. The van der Waals surface area contributed by atoms with Crippen LogP contribution in [0.3, 0.4) is 0 Å². The van der Waals surface area contributed by atoms with Crippen LogP contribution in [0, 0.1) is 5.92 Å². The zero-order chi connectivity index (χ0) is 16.0. The summed E-state index contributed by atoms with van der Waals surface area (Å²) in [6.45, 7) is 2.15. The first-order valence-corrected chi connectivity index (χ1v) is 8.51. The van der Waals surface area contributed by atoms with Crippen LogP contribution < -0.4 is 5.32 Å². The average Bonchev–Trinajstić information content (AvgIpc) is 2.97. The molecular formula is C17H26N6. The van der Waals surface area contributed by atoms with Crippen molar-refractivity contribution in [2.75, 3.05) is 20.1 Å². The van der Waals surface area contributed by atoms with E-state index in [9.17, 15) is 0 Å². The van der Waals surface area contributed by atoms with E-state index in [4.69, 9.17) is 0 Å². The molecule has 23 heavy (non-hydrogen) atoms. The topological polar surface area (TPSA) is 50.9 Å². The molecule has 6 heteroatoms. The average molecular weight is 314 g/mol. The van der Waals surface area contributed by atoms with Crippen LogP contribution in [0.1, 0.15) is 36.3 Å². The third-order valence-electron chi connectivity index (χ3n) is 5.36. The van der Waals surface area contributed by atoms with Gasteiger partial charge in [-0.3, -0.25) is 0 Å². The lowest BCUT2D eigenvalue weighted by Gasteiger charge is -2.26. The SMILES string of the molecule is CN1C[C@@H](NC(c2nccn2C)C2CC2)[C@H](c2cncn2C)C1. The summed E-state index contributed by atoms with van der Waals surface area (Å²) in [6, 6.07) is 0.805. The number of hydrogen-bond donors (Lipinski definition) is 1. The quantitative estimate of drug-likeness (QED) is 0.903. The fourth-order valence-electron chi connectivity index (χ4n) is 3.95. The lowest BCUT2D eigenvalue weighted by atomic mass is 9.98. The van der Waals surface area contributed by atoms with Crippen molar-refractivity contribution in [1.82, 2.24) is 29.3 Å². The highest BCUT2D eigenvalue weighted by Crippen LogP contribution is 2.41. The Morgan fingerprint density at radius 3 is 2.61 bits per heavy atom. The molecule has 2 aromatic rings. The van der Waals surface area contributed by atoms with Gasteiger partial charge in [0, 0.05) is 63.4 Å². The summed E-state index contributed by atoms with van der Waals surface area (Å²) in [4.78, 5) is 11.3. The predicted molar refractivity (Wildman–Crippen MR) is 89.0 cm³/mol. The van der Waals surface area contributed by atoms with E-state index in [0.717, 1.165) is 19.0 Å². The van der Waals surface area contributed by atoms with Crippen LogP contribution >= 0.6 is 0 Å². The minimum Gasteiger partial charge on any atom is -0.337 e. The van der Waals surface area contributed by atoms with Crippen LogP contribution in [-0.2, 0) is 14.1 Å². The van der Waals surface area contributed by atoms with Crippen molar-refractivity contribution in [3.63, 3.8) is 0 Å². The molecule has 3 heterocycles. The van der Waals surface area contributed by atoms with Crippen molar-refractivity contribution in [2.24, 2.45) is 20.0 Å². The first-order valence-electron chi connectivity index (χ1n) is 8.51. The standard InChI is InChI=1S/C17H26N6/c1-21-9-13(15-8-18-11-23(15)3)14(10-21)20-16(12-4-5-12)17-19-6-7-22(17)2/h6-8,11-14,16,20H,4-5,9-10H2,1-3H3/t13-,14-,16?/m1/s1. The molecule has 2 aromatic heterocycles. The Hall–Kier alpha value is -1.66. The van der Waals surface area contributed by atoms with Crippen molar-refractivity contribution >= 4 is 0 Å². The number of hydrogen-bond acceptors (Lipinski definition) is 4. The zero-order valence-corrected chi connectivity index (χ0v) is 14.2. The van der Waals surface area contributed by atoms with E-state index in [1.807, 2.05) is 24.9 Å². The molecular weight excluding hydrogens is 288 g/mol. The smallest absolute Gasteiger partial charge is 0.125 e. The molecule has 2 fully saturated rings. The van der Waals surface area contributed by atoms with Crippen LogP contribution in [0.2, 0.25) is 0 Å². The van der Waals surface area contributed by atoms with E-state index in [2.05, 4.69) is 50.5 Å². The fraction of sp³-hybridized carbons (Fsp3) is 0.647. The zero-order valence-electron chi connectivity index (χ0n) is 14.2. The normalized spacial score (nSPS) is 26.7. The molecule has 124 valence electrons. The van der Waals surface area contributed by atoms with E-state index < -0.39 is 0 Å². The van der Waals surface area contributed by atoms with Crippen molar-refractivity contribution in [1.29, 1.82) is 0 Å². The Labute approximate surface area is 137 Å². The monoisotopic (exact) mass is 314 g/mol. The summed E-state index contributed by atoms with van der Waals surface area (Å²) in [5.41, 5.74) is 1.32. The molecule has 1 saturated heterocycles. The van der Waals surface area contributed by atoms with Crippen molar-refractivity contribution in [2.45, 2.75) is 30.8 Å². The van der Waals surface area contributed by atoms with Crippen molar-refractivity contribution < 1.29 is 0 Å². The molecule has 1 aliphatic carbocycles. The third-order valence-corrected chi connectivity index (χ3v) is 5.36. The first kappa shape index (κ1) is 14.9. The number of aryl methyl sites for hydroxylation is 2. The van der Waals surface area contributed by atoms with Gasteiger partial charge >= 0.3 is 0 Å². The summed E-state index contributed by atoms with van der Waals surface area (Å²) in [5, 5.41) is 3.95. The molecule has 1 unspecified atom stereocenters. The summed E-state index contributed by atoms with van der Waals surface area (Å²) in [7, 11) is 6.39. The minimum atomic E-state index is 0.363. The second-order valence-electron chi connectivity index (χ2n) is 7.24. The van der Waals surface area contributed by atoms with Gasteiger partial charge in [0.15, 0.2) is 0 Å². The van der Waals surface area contributed by atoms with E-state index >= 15 is 0 Å². The lowest BCUT2D eigenvalue weighted by molar-refractivity contribution is 0.354. The molecule has 2 aliphatic rings. The van der Waals surface area contributed by atoms with Crippen LogP contribution in [-0.4, -0.2) is 50.2 Å². The Morgan fingerprint density at radius 2 is 2.00 bits per heavy atom. The molecule has 0 amide bonds. The van der Waals surface area contributed by atoms with Gasteiger partial charge < -0.3 is 19.4 Å². The van der Waals surface area contributed by atoms with Crippen molar-refractivity contribution in [3.8, 4) is 0 Å². The maximum atomic E-state index is 4.61. The summed E-state index contributed by atoms with van der Waals surface area (Å²) in [5.74, 6) is 2.38. The third kappa shape index (κ3) is 2.81. The molecule has 3 atom stereocenters. The van der Waals surface area contributed by atoms with E-state index in [1.165, 1.54) is 24.4 Å². The van der Waals surface area contributed by atoms with Gasteiger partial charge in [-0.2, -0.15) is 0 Å². The number of nitrogens with zero attached hydrogens (tertiary/aromatic N) is 5. The summed E-state index contributed by atoms with van der Waals surface area (Å²) >= 11 is 0. The van der Waals surface area contributed by atoms with Gasteiger partial charge in [0.25, 0.3) is 0 Å². The number of imidazole rings is 2. The van der Waals surface area contributed by atoms with Crippen LogP contribution in [0.15, 0.2) is 24.9 Å². The molecule has 0 aromatic carbocycles. The number of nitrogens with one attached hydrogen (secondary N) is 1. The number of rotatable bonds is 5. The molecule has 1 aliphatic heterocycles. The first-order chi connectivity index (χ1) is 11.1. The largest absolute Gasteiger partial charge is 0.337 e. The fourth-order valence-corrected chi connectivity index (χ4v) is 3.95. The number of aromatic nitrogens is 4. The van der Waals surface area contributed by atoms with E-state index in [1.54, 1.807) is 0 Å². The van der Waals surface area contributed by atoms with E-state index in [-0.39, 0.29) is 0 Å². The Bertz CT molecular complexity index is 670. The minimum absolute atomic E-state index is 0.363. The number of likely N-dealkylation sites (tertiary alicyclic amines) is 1. The second-order valence-corrected chi connectivity index (χ2v) is 7.24. The van der Waals surface area contributed by atoms with Gasteiger partial charge in [0.05, 0.1) is 12.4 Å². The molecule has 0 radical (unpaired) electrons. The summed E-state index contributed by atoms with van der Waals surface area (Å²) in [6.07, 6.45) is 10.5. The summed E-state index contributed by atoms with van der Waals surface area (Å²) < 4.78 is 4.32. The van der Waals surface area contributed by atoms with Crippen LogP contribution in [0.25, 0.3) is 0 Å². The second kappa shape index (κ2) is 5.76. The highest BCUT2D eigenvalue weighted by molar-refractivity contribution is 5.16. The van der Waals surface area contributed by atoms with Crippen molar-refractivity contribution in [3.05, 3.63) is 36.4 Å². The molecule has 0 spiro atoms. The molecule has 6 nitrogen and oxygen atoms in total. The number of likely N-dealkylation sites (N-methyl/N-ethyl adjacent to an activating group) is 1. The molecule has 4 rings (SSSR count). The Morgan fingerprint density at radius 1 is 1.17 bits per heavy atom. The van der Waals surface area contributed by atoms with Crippen LogP contribution in [0.5, 0.6) is 0 Å². The van der Waals surface area contributed by atoms with Gasteiger partial charge in [0.2, 0.25) is 0 Å². The van der Waals surface area contributed by atoms with Gasteiger partial charge in [-0.05, 0) is 25.8 Å². The van der Waals surface area contributed by atoms with Gasteiger partial charge in [-0.1, -0.05) is 0 Å². The highest BCUT2D eigenvalue weighted by Gasteiger charge is 2.40.